The third-order valence-corrected chi connectivity index (χ3v) is 3.27. The molecule has 1 aromatic rings. The van der Waals surface area contributed by atoms with Crippen LogP contribution in [0, 0.1) is 0 Å². The van der Waals surface area contributed by atoms with E-state index < -0.39 is 0 Å². The molecule has 0 spiro atoms. The van der Waals surface area contributed by atoms with Gasteiger partial charge >= 0.3 is 0 Å². The molecule has 17 heavy (non-hydrogen) atoms. The molecule has 0 radical (unpaired) electrons. The second-order valence-corrected chi connectivity index (χ2v) is 4.97. The summed E-state index contributed by atoms with van der Waals surface area (Å²) in [5.41, 5.74) is 2.22. The first-order chi connectivity index (χ1) is 8.10. The van der Waals surface area contributed by atoms with Crippen LogP contribution in [0.3, 0.4) is 0 Å². The fourth-order valence-corrected chi connectivity index (χ4v) is 2.27. The molecule has 0 atom stereocenters. The second kappa shape index (κ2) is 7.02. The summed E-state index contributed by atoms with van der Waals surface area (Å²) in [6.45, 7) is 10.5. The van der Waals surface area contributed by atoms with Crippen molar-refractivity contribution in [2.75, 3.05) is 6.54 Å². The lowest BCUT2D eigenvalue weighted by molar-refractivity contribution is 0.552. The maximum absolute atomic E-state index is 6.35. The molecular weight excluding hydrogens is 234 g/mol. The van der Waals surface area contributed by atoms with E-state index >= 15 is 0 Å². The highest BCUT2D eigenvalue weighted by atomic mass is 35.5. The lowest BCUT2D eigenvalue weighted by Gasteiger charge is -2.08. The average molecular weight is 258 g/mol. The van der Waals surface area contributed by atoms with Gasteiger partial charge in [-0.3, -0.25) is 4.68 Å². The zero-order chi connectivity index (χ0) is 12.8. The fraction of sp³-hybridized carbons (Fsp3) is 0.769. The first-order valence-corrected chi connectivity index (χ1v) is 6.95. The van der Waals surface area contributed by atoms with Crippen LogP contribution in [0.25, 0.3) is 0 Å². The maximum Gasteiger partial charge on any atom is 0.0849 e. The van der Waals surface area contributed by atoms with Crippen LogP contribution in [0.2, 0.25) is 5.02 Å². The van der Waals surface area contributed by atoms with Crippen molar-refractivity contribution >= 4 is 11.6 Å². The standard InChI is InChI=1S/C13H24ClN3/c1-5-11-13(14)12(17(6-2)16-11)8-7-9-15-10(3)4/h10,15H,5-9H2,1-4H3. The molecule has 3 nitrogen and oxygen atoms in total. The van der Waals surface area contributed by atoms with Crippen LogP contribution in [0.15, 0.2) is 0 Å². The molecule has 1 aromatic heterocycles. The Morgan fingerprint density at radius 1 is 1.35 bits per heavy atom. The zero-order valence-electron chi connectivity index (χ0n) is 11.4. The molecule has 0 bridgehead atoms. The van der Waals surface area contributed by atoms with Gasteiger partial charge in [-0.2, -0.15) is 5.10 Å². The van der Waals surface area contributed by atoms with Crippen LogP contribution in [0.1, 0.15) is 45.5 Å². The Hall–Kier alpha value is -0.540. The summed E-state index contributed by atoms with van der Waals surface area (Å²) in [4.78, 5) is 0. The highest BCUT2D eigenvalue weighted by Gasteiger charge is 2.13. The minimum absolute atomic E-state index is 0.549. The molecule has 0 aliphatic rings. The van der Waals surface area contributed by atoms with Crippen molar-refractivity contribution in [3.05, 3.63) is 16.4 Å². The van der Waals surface area contributed by atoms with Gasteiger partial charge in [0.05, 0.1) is 16.4 Å². The second-order valence-electron chi connectivity index (χ2n) is 4.59. The molecule has 0 saturated heterocycles. The number of aromatic nitrogens is 2. The van der Waals surface area contributed by atoms with E-state index in [9.17, 15) is 0 Å². The van der Waals surface area contributed by atoms with Gasteiger partial charge in [-0.1, -0.05) is 32.4 Å². The molecule has 0 aliphatic heterocycles. The van der Waals surface area contributed by atoms with Gasteiger partial charge in [0.2, 0.25) is 0 Å². The van der Waals surface area contributed by atoms with E-state index in [4.69, 9.17) is 11.6 Å². The first-order valence-electron chi connectivity index (χ1n) is 6.57. The van der Waals surface area contributed by atoms with Crippen LogP contribution < -0.4 is 5.32 Å². The number of aryl methyl sites for hydroxylation is 2. The summed E-state index contributed by atoms with van der Waals surface area (Å²) in [5, 5.41) is 8.82. The minimum Gasteiger partial charge on any atom is -0.315 e. The van der Waals surface area contributed by atoms with E-state index in [0.29, 0.717) is 6.04 Å². The maximum atomic E-state index is 6.35. The Balaban J connectivity index is 2.59. The number of rotatable bonds is 7. The van der Waals surface area contributed by atoms with Crippen molar-refractivity contribution < 1.29 is 0 Å². The van der Waals surface area contributed by atoms with Crippen molar-refractivity contribution in [3.63, 3.8) is 0 Å². The third kappa shape index (κ3) is 4.00. The van der Waals surface area contributed by atoms with Crippen molar-refractivity contribution in [1.29, 1.82) is 0 Å². The van der Waals surface area contributed by atoms with Gasteiger partial charge in [0.25, 0.3) is 0 Å². The molecule has 0 saturated carbocycles. The molecule has 0 aromatic carbocycles. The highest BCUT2D eigenvalue weighted by molar-refractivity contribution is 6.31. The summed E-state index contributed by atoms with van der Waals surface area (Å²) < 4.78 is 2.04. The lowest BCUT2D eigenvalue weighted by Crippen LogP contribution is -2.24. The normalized spacial score (nSPS) is 11.4. The van der Waals surface area contributed by atoms with Crippen molar-refractivity contribution in [1.82, 2.24) is 15.1 Å². The Morgan fingerprint density at radius 2 is 2.06 bits per heavy atom. The van der Waals surface area contributed by atoms with Crippen molar-refractivity contribution in [2.24, 2.45) is 0 Å². The number of hydrogen-bond acceptors (Lipinski definition) is 2. The molecular formula is C13H24ClN3. The molecule has 0 amide bonds. The Bertz CT molecular complexity index is 345. The van der Waals surface area contributed by atoms with Gasteiger partial charge in [-0.25, -0.2) is 0 Å². The van der Waals surface area contributed by atoms with E-state index in [-0.39, 0.29) is 0 Å². The van der Waals surface area contributed by atoms with E-state index in [1.165, 1.54) is 5.69 Å². The molecule has 1 rings (SSSR count). The summed E-state index contributed by atoms with van der Waals surface area (Å²) in [6, 6.07) is 0.549. The van der Waals surface area contributed by atoms with Gasteiger partial charge in [0.1, 0.15) is 0 Å². The number of nitrogens with zero attached hydrogens (tertiary/aromatic N) is 2. The minimum atomic E-state index is 0.549. The number of hydrogen-bond donors (Lipinski definition) is 1. The van der Waals surface area contributed by atoms with Crippen molar-refractivity contribution in [2.45, 2.75) is 59.5 Å². The summed E-state index contributed by atoms with van der Waals surface area (Å²) in [5.74, 6) is 0. The molecule has 0 unspecified atom stereocenters. The molecule has 1 N–H and O–H groups in total. The first kappa shape index (κ1) is 14.5. The highest BCUT2D eigenvalue weighted by Crippen LogP contribution is 2.22. The van der Waals surface area contributed by atoms with E-state index in [1.807, 2.05) is 4.68 Å². The third-order valence-electron chi connectivity index (χ3n) is 2.84. The van der Waals surface area contributed by atoms with Gasteiger partial charge in [-0.05, 0) is 32.7 Å². The number of halogens is 1. The zero-order valence-corrected chi connectivity index (χ0v) is 12.1. The predicted octanol–water partition coefficient (Wildman–Crippen LogP) is 3.05. The largest absolute Gasteiger partial charge is 0.315 e. The summed E-state index contributed by atoms with van der Waals surface area (Å²) in [6.07, 6.45) is 3.01. The fourth-order valence-electron chi connectivity index (χ4n) is 1.90. The van der Waals surface area contributed by atoms with Crippen LogP contribution in [-0.4, -0.2) is 22.4 Å². The monoisotopic (exact) mass is 257 g/mol. The molecule has 4 heteroatoms. The van der Waals surface area contributed by atoms with Gasteiger partial charge in [0.15, 0.2) is 0 Å². The topological polar surface area (TPSA) is 29.9 Å². The predicted molar refractivity (Wildman–Crippen MR) is 73.7 cm³/mol. The van der Waals surface area contributed by atoms with Crippen LogP contribution >= 0.6 is 11.6 Å². The lowest BCUT2D eigenvalue weighted by atomic mass is 10.2. The van der Waals surface area contributed by atoms with Gasteiger partial charge in [-0.15, -0.1) is 0 Å². The molecule has 98 valence electrons. The van der Waals surface area contributed by atoms with E-state index in [0.717, 1.165) is 43.1 Å². The van der Waals surface area contributed by atoms with Gasteiger partial charge < -0.3 is 5.32 Å². The van der Waals surface area contributed by atoms with Crippen molar-refractivity contribution in [3.8, 4) is 0 Å². The molecule has 0 fully saturated rings. The SMILES string of the molecule is CCc1nn(CC)c(CCCNC(C)C)c1Cl. The molecule has 1 heterocycles. The summed E-state index contributed by atoms with van der Waals surface area (Å²) >= 11 is 6.35. The van der Waals surface area contributed by atoms with Gasteiger partial charge in [0, 0.05) is 12.6 Å². The van der Waals surface area contributed by atoms with Crippen LogP contribution in [0.4, 0.5) is 0 Å². The van der Waals surface area contributed by atoms with E-state index in [1.54, 1.807) is 0 Å². The Morgan fingerprint density at radius 3 is 2.59 bits per heavy atom. The Labute approximate surface area is 110 Å². The molecule has 0 aliphatic carbocycles. The summed E-state index contributed by atoms with van der Waals surface area (Å²) in [7, 11) is 0. The average Bonchev–Trinajstić information content (AvgIpc) is 2.61. The van der Waals surface area contributed by atoms with Crippen LogP contribution in [-0.2, 0) is 19.4 Å². The number of nitrogens with one attached hydrogen (secondary N) is 1. The van der Waals surface area contributed by atoms with Crippen LogP contribution in [0.5, 0.6) is 0 Å². The quantitative estimate of drug-likeness (QED) is 0.761. The Kier molecular flexibility index (Phi) is 6.00. The van der Waals surface area contributed by atoms with E-state index in [2.05, 4.69) is 38.1 Å². The smallest absolute Gasteiger partial charge is 0.0849 e.